The average Bonchev–Trinajstić information content (AvgIpc) is 2.67. The molecule has 19 heavy (non-hydrogen) atoms. The molecule has 0 aromatic carbocycles. The SMILES string of the molecule is CC.Nc1nn(C2CCCCC2)c2c1CCCCC2. The van der Waals surface area contributed by atoms with Gasteiger partial charge in [-0.25, -0.2) is 0 Å². The van der Waals surface area contributed by atoms with E-state index in [1.54, 1.807) is 0 Å². The van der Waals surface area contributed by atoms with Crippen LogP contribution in [0.2, 0.25) is 0 Å². The van der Waals surface area contributed by atoms with Gasteiger partial charge < -0.3 is 5.73 Å². The standard InChI is InChI=1S/C14H23N3.C2H6/c15-14-12-9-5-2-6-10-13(12)17(16-14)11-7-3-1-4-8-11;1-2/h11H,1-10H2,(H2,15,16);1-2H3. The maximum Gasteiger partial charge on any atom is 0.148 e. The lowest BCUT2D eigenvalue weighted by Crippen LogP contribution is -2.17. The largest absolute Gasteiger partial charge is 0.382 e. The molecule has 0 bridgehead atoms. The van der Waals surface area contributed by atoms with Crippen LogP contribution >= 0.6 is 0 Å². The van der Waals surface area contributed by atoms with Crippen LogP contribution in [-0.4, -0.2) is 9.78 Å². The molecule has 3 heteroatoms. The van der Waals surface area contributed by atoms with Crippen LogP contribution in [-0.2, 0) is 12.8 Å². The third-order valence-electron chi connectivity index (χ3n) is 4.41. The van der Waals surface area contributed by atoms with Crippen LogP contribution in [0.4, 0.5) is 5.82 Å². The summed E-state index contributed by atoms with van der Waals surface area (Å²) in [4.78, 5) is 0. The van der Waals surface area contributed by atoms with Gasteiger partial charge in [-0.05, 0) is 38.5 Å². The highest BCUT2D eigenvalue weighted by Crippen LogP contribution is 2.33. The van der Waals surface area contributed by atoms with Crippen molar-refractivity contribution in [2.24, 2.45) is 0 Å². The second kappa shape index (κ2) is 6.97. The lowest BCUT2D eigenvalue weighted by molar-refractivity contribution is 0.322. The van der Waals surface area contributed by atoms with Gasteiger partial charge in [-0.15, -0.1) is 0 Å². The summed E-state index contributed by atoms with van der Waals surface area (Å²) >= 11 is 0. The Morgan fingerprint density at radius 2 is 1.58 bits per heavy atom. The molecule has 2 aliphatic rings. The Bertz CT molecular complexity index is 389. The van der Waals surface area contributed by atoms with Crippen molar-refractivity contribution in [3.8, 4) is 0 Å². The fourth-order valence-electron chi connectivity index (χ4n) is 3.46. The molecule has 1 fully saturated rings. The summed E-state index contributed by atoms with van der Waals surface area (Å²) in [6.45, 7) is 4.00. The van der Waals surface area contributed by atoms with Crippen molar-refractivity contribution in [3.05, 3.63) is 11.3 Å². The second-order valence-electron chi connectivity index (χ2n) is 5.61. The molecule has 1 aromatic heterocycles. The molecular formula is C16H29N3. The fraction of sp³-hybridized carbons (Fsp3) is 0.812. The summed E-state index contributed by atoms with van der Waals surface area (Å²) in [7, 11) is 0. The highest BCUT2D eigenvalue weighted by molar-refractivity contribution is 5.43. The van der Waals surface area contributed by atoms with Crippen LogP contribution in [0.3, 0.4) is 0 Å². The number of hydrogen-bond acceptors (Lipinski definition) is 2. The Morgan fingerprint density at radius 3 is 2.32 bits per heavy atom. The highest BCUT2D eigenvalue weighted by atomic mass is 15.3. The quantitative estimate of drug-likeness (QED) is 0.769. The van der Waals surface area contributed by atoms with E-state index >= 15 is 0 Å². The van der Waals surface area contributed by atoms with Crippen molar-refractivity contribution < 1.29 is 0 Å². The summed E-state index contributed by atoms with van der Waals surface area (Å²) in [6.07, 6.45) is 13.0. The zero-order chi connectivity index (χ0) is 13.7. The predicted octanol–water partition coefficient (Wildman–Crippen LogP) is 4.27. The molecule has 0 radical (unpaired) electrons. The number of fused-ring (bicyclic) bond motifs is 1. The molecule has 0 spiro atoms. The van der Waals surface area contributed by atoms with Gasteiger partial charge in [0.15, 0.2) is 0 Å². The van der Waals surface area contributed by atoms with Gasteiger partial charge in [-0.1, -0.05) is 39.5 Å². The van der Waals surface area contributed by atoms with Crippen molar-refractivity contribution in [3.63, 3.8) is 0 Å². The average molecular weight is 263 g/mol. The molecule has 1 aromatic rings. The fourth-order valence-corrected chi connectivity index (χ4v) is 3.46. The van der Waals surface area contributed by atoms with Gasteiger partial charge in [0.1, 0.15) is 5.82 Å². The minimum Gasteiger partial charge on any atom is -0.382 e. The van der Waals surface area contributed by atoms with Gasteiger partial charge in [0.05, 0.1) is 6.04 Å². The Morgan fingerprint density at radius 1 is 0.947 bits per heavy atom. The van der Waals surface area contributed by atoms with E-state index in [1.165, 1.54) is 69.0 Å². The maximum atomic E-state index is 6.11. The topological polar surface area (TPSA) is 43.8 Å². The summed E-state index contributed by atoms with van der Waals surface area (Å²) in [5, 5.41) is 4.65. The van der Waals surface area contributed by atoms with Crippen molar-refractivity contribution in [2.45, 2.75) is 84.1 Å². The predicted molar refractivity (Wildman–Crippen MR) is 81.4 cm³/mol. The highest BCUT2D eigenvalue weighted by Gasteiger charge is 2.24. The van der Waals surface area contributed by atoms with E-state index < -0.39 is 0 Å². The first-order valence-electron chi connectivity index (χ1n) is 8.22. The minimum atomic E-state index is 0.632. The number of nitrogens with zero attached hydrogens (tertiary/aromatic N) is 2. The molecule has 0 unspecified atom stereocenters. The van der Waals surface area contributed by atoms with E-state index in [0.717, 1.165) is 12.2 Å². The normalized spacial score (nSPS) is 20.1. The molecule has 0 saturated heterocycles. The molecule has 108 valence electrons. The molecule has 1 heterocycles. The van der Waals surface area contributed by atoms with E-state index in [0.29, 0.717) is 6.04 Å². The molecule has 2 aliphatic carbocycles. The van der Waals surface area contributed by atoms with E-state index in [1.807, 2.05) is 13.8 Å². The van der Waals surface area contributed by atoms with E-state index in [2.05, 4.69) is 9.78 Å². The lowest BCUT2D eigenvalue weighted by Gasteiger charge is -2.24. The summed E-state index contributed by atoms with van der Waals surface area (Å²) in [5.41, 5.74) is 8.94. The smallest absolute Gasteiger partial charge is 0.148 e. The van der Waals surface area contributed by atoms with E-state index in [-0.39, 0.29) is 0 Å². The first kappa shape index (κ1) is 14.4. The molecule has 0 atom stereocenters. The summed E-state index contributed by atoms with van der Waals surface area (Å²) in [5.74, 6) is 0.812. The Hall–Kier alpha value is -0.990. The molecule has 0 amide bonds. The summed E-state index contributed by atoms with van der Waals surface area (Å²) < 4.78 is 2.30. The second-order valence-corrected chi connectivity index (χ2v) is 5.61. The zero-order valence-corrected chi connectivity index (χ0v) is 12.6. The van der Waals surface area contributed by atoms with Crippen LogP contribution in [0.25, 0.3) is 0 Å². The lowest BCUT2D eigenvalue weighted by atomic mass is 9.95. The van der Waals surface area contributed by atoms with Gasteiger partial charge in [0.25, 0.3) is 0 Å². The van der Waals surface area contributed by atoms with Crippen molar-refractivity contribution in [1.82, 2.24) is 9.78 Å². The first-order chi connectivity index (χ1) is 9.36. The number of anilines is 1. The summed E-state index contributed by atoms with van der Waals surface area (Å²) in [6, 6.07) is 0.632. The first-order valence-corrected chi connectivity index (χ1v) is 8.22. The molecule has 1 saturated carbocycles. The molecule has 2 N–H and O–H groups in total. The number of nitrogens with two attached hydrogens (primary N) is 1. The van der Waals surface area contributed by atoms with Crippen molar-refractivity contribution >= 4 is 5.82 Å². The van der Waals surface area contributed by atoms with Crippen LogP contribution in [0.1, 0.15) is 82.5 Å². The van der Waals surface area contributed by atoms with Gasteiger partial charge in [-0.3, -0.25) is 4.68 Å². The minimum absolute atomic E-state index is 0.632. The molecule has 0 aliphatic heterocycles. The third-order valence-corrected chi connectivity index (χ3v) is 4.41. The van der Waals surface area contributed by atoms with Crippen LogP contribution in [0.5, 0.6) is 0 Å². The monoisotopic (exact) mass is 263 g/mol. The van der Waals surface area contributed by atoms with E-state index in [9.17, 15) is 0 Å². The Kier molecular flexibility index (Phi) is 5.29. The van der Waals surface area contributed by atoms with Crippen LogP contribution < -0.4 is 5.73 Å². The van der Waals surface area contributed by atoms with Gasteiger partial charge in [0.2, 0.25) is 0 Å². The number of nitrogen functional groups attached to an aromatic ring is 1. The van der Waals surface area contributed by atoms with Gasteiger partial charge in [-0.2, -0.15) is 5.10 Å². The molecule has 3 rings (SSSR count). The number of aromatic nitrogens is 2. The van der Waals surface area contributed by atoms with E-state index in [4.69, 9.17) is 5.73 Å². The molecular weight excluding hydrogens is 234 g/mol. The van der Waals surface area contributed by atoms with Gasteiger partial charge >= 0.3 is 0 Å². The number of hydrogen-bond donors (Lipinski definition) is 1. The van der Waals surface area contributed by atoms with Gasteiger partial charge in [0, 0.05) is 11.3 Å². The Labute approximate surface area is 117 Å². The number of rotatable bonds is 1. The Balaban J connectivity index is 0.000000637. The van der Waals surface area contributed by atoms with Crippen LogP contribution in [0.15, 0.2) is 0 Å². The third kappa shape index (κ3) is 3.13. The van der Waals surface area contributed by atoms with Crippen LogP contribution in [0, 0.1) is 0 Å². The van der Waals surface area contributed by atoms with Crippen molar-refractivity contribution in [2.75, 3.05) is 5.73 Å². The molecule has 3 nitrogen and oxygen atoms in total. The zero-order valence-electron chi connectivity index (χ0n) is 12.6. The van der Waals surface area contributed by atoms with Crippen molar-refractivity contribution in [1.29, 1.82) is 0 Å². The maximum absolute atomic E-state index is 6.11.